The van der Waals surface area contributed by atoms with Crippen molar-refractivity contribution in [2.45, 2.75) is 40.3 Å². The highest BCUT2D eigenvalue weighted by atomic mass is 127. The van der Waals surface area contributed by atoms with Crippen LogP contribution in [0.3, 0.4) is 0 Å². The third kappa shape index (κ3) is 8.04. The van der Waals surface area contributed by atoms with Gasteiger partial charge in [0.2, 0.25) is 0 Å². The van der Waals surface area contributed by atoms with Crippen molar-refractivity contribution in [1.29, 1.82) is 0 Å². The van der Waals surface area contributed by atoms with E-state index in [2.05, 4.69) is 65.3 Å². The zero-order valence-corrected chi connectivity index (χ0v) is 20.3. The van der Waals surface area contributed by atoms with E-state index < -0.39 is 0 Å². The van der Waals surface area contributed by atoms with Gasteiger partial charge in [0.15, 0.2) is 11.8 Å². The Morgan fingerprint density at radius 1 is 1.24 bits per heavy atom. The van der Waals surface area contributed by atoms with Crippen molar-refractivity contribution in [2.75, 3.05) is 13.2 Å². The molecule has 0 bridgehead atoms. The van der Waals surface area contributed by atoms with Crippen LogP contribution < -0.4 is 15.4 Å². The molecule has 1 unspecified atom stereocenters. The first-order valence-electron chi connectivity index (χ1n) is 9.64. The Bertz CT molecular complexity index is 785. The molecule has 0 aliphatic carbocycles. The van der Waals surface area contributed by atoms with E-state index in [1.165, 1.54) is 0 Å². The Hall–Kier alpha value is -2.10. The van der Waals surface area contributed by atoms with Gasteiger partial charge in [-0.1, -0.05) is 32.1 Å². The molecular weight excluding hydrogens is 479 g/mol. The third-order valence-corrected chi connectivity index (χ3v) is 4.29. The Balaban J connectivity index is 0.00000420. The van der Waals surface area contributed by atoms with E-state index in [4.69, 9.17) is 4.74 Å². The first kappa shape index (κ1) is 24.9. The fourth-order valence-corrected chi connectivity index (χ4v) is 2.46. The number of rotatable bonds is 9. The zero-order chi connectivity index (χ0) is 20.5. The van der Waals surface area contributed by atoms with Gasteiger partial charge in [-0.25, -0.2) is 4.99 Å². The number of aromatic nitrogens is 3. The van der Waals surface area contributed by atoms with E-state index in [9.17, 15) is 0 Å². The van der Waals surface area contributed by atoms with E-state index in [1.54, 1.807) is 6.08 Å². The van der Waals surface area contributed by atoms with E-state index in [-0.39, 0.29) is 30.0 Å². The van der Waals surface area contributed by atoms with E-state index in [0.29, 0.717) is 25.0 Å². The largest absolute Gasteiger partial charge is 0.493 e. The summed E-state index contributed by atoms with van der Waals surface area (Å²) >= 11 is 0. The van der Waals surface area contributed by atoms with Gasteiger partial charge in [0.05, 0.1) is 12.6 Å². The Morgan fingerprint density at radius 2 is 1.93 bits per heavy atom. The lowest BCUT2D eigenvalue weighted by atomic mass is 10.1. The van der Waals surface area contributed by atoms with Gasteiger partial charge in [-0.3, -0.25) is 0 Å². The molecular formula is C21H33IN6O. The molecule has 0 saturated carbocycles. The molecule has 2 rings (SSSR count). The molecule has 0 spiro atoms. The minimum atomic E-state index is 0. The third-order valence-electron chi connectivity index (χ3n) is 4.29. The summed E-state index contributed by atoms with van der Waals surface area (Å²) in [6, 6.07) is 8.24. The van der Waals surface area contributed by atoms with Gasteiger partial charge >= 0.3 is 0 Å². The summed E-state index contributed by atoms with van der Waals surface area (Å²) in [6.07, 6.45) is 1.80. The van der Waals surface area contributed by atoms with Crippen molar-refractivity contribution >= 4 is 29.9 Å². The first-order valence-corrected chi connectivity index (χ1v) is 9.64. The minimum Gasteiger partial charge on any atom is -0.493 e. The Labute approximate surface area is 191 Å². The number of hydrogen-bond acceptors (Lipinski definition) is 4. The van der Waals surface area contributed by atoms with Gasteiger partial charge in [0.1, 0.15) is 18.1 Å². The van der Waals surface area contributed by atoms with Crippen LogP contribution in [0.5, 0.6) is 5.75 Å². The van der Waals surface area contributed by atoms with Crippen LogP contribution >= 0.6 is 24.0 Å². The molecule has 2 N–H and O–H groups in total. The maximum absolute atomic E-state index is 5.75. The summed E-state index contributed by atoms with van der Waals surface area (Å²) in [7, 11) is 1.94. The summed E-state index contributed by atoms with van der Waals surface area (Å²) in [4.78, 5) is 4.64. The van der Waals surface area contributed by atoms with E-state index in [1.807, 2.05) is 30.7 Å². The summed E-state index contributed by atoms with van der Waals surface area (Å²) in [5.41, 5.74) is 1.15. The number of hydrogen-bond donors (Lipinski definition) is 2. The van der Waals surface area contributed by atoms with Gasteiger partial charge in [-0.2, -0.15) is 0 Å². The second-order valence-corrected chi connectivity index (χ2v) is 7.20. The van der Waals surface area contributed by atoms with Crippen LogP contribution in [0.4, 0.5) is 0 Å². The van der Waals surface area contributed by atoms with Crippen LogP contribution in [0, 0.1) is 12.8 Å². The van der Waals surface area contributed by atoms with Gasteiger partial charge in [-0.05, 0) is 37.5 Å². The van der Waals surface area contributed by atoms with Gasteiger partial charge in [-0.15, -0.1) is 40.8 Å². The van der Waals surface area contributed by atoms with Gasteiger partial charge in [0, 0.05) is 13.6 Å². The number of aryl methyl sites for hydroxylation is 1. The number of benzene rings is 1. The maximum Gasteiger partial charge on any atom is 0.192 e. The molecule has 1 aromatic heterocycles. The molecule has 0 fully saturated rings. The van der Waals surface area contributed by atoms with Gasteiger partial charge in [0.25, 0.3) is 0 Å². The topological polar surface area (TPSA) is 76.4 Å². The average Bonchev–Trinajstić information content (AvgIpc) is 3.00. The Kier molecular flexibility index (Phi) is 10.7. The standard InChI is InChI=1S/C21H32N6O.HI/c1-7-12-22-21(23-13-20-26-25-17(5)27(20)6)24-16(4)18-8-10-19(11-9-18)28-14-15(2)3;/h7-11,15-16H,1,12-14H2,2-6H3,(H2,22,23,24);1H. The molecule has 8 heteroatoms. The summed E-state index contributed by atoms with van der Waals surface area (Å²) < 4.78 is 7.69. The van der Waals surface area contributed by atoms with Crippen molar-refractivity contribution in [1.82, 2.24) is 25.4 Å². The molecule has 1 aromatic carbocycles. The normalized spacial score (nSPS) is 12.3. The molecule has 1 atom stereocenters. The van der Waals surface area contributed by atoms with Crippen molar-refractivity contribution in [3.63, 3.8) is 0 Å². The number of halogens is 1. The lowest BCUT2D eigenvalue weighted by Crippen LogP contribution is -2.39. The monoisotopic (exact) mass is 512 g/mol. The summed E-state index contributed by atoms with van der Waals surface area (Å²) in [6.45, 7) is 13.8. The summed E-state index contributed by atoms with van der Waals surface area (Å²) in [5, 5.41) is 14.9. The SMILES string of the molecule is C=CCNC(=NCc1nnc(C)n1C)NC(C)c1ccc(OCC(C)C)cc1.I. The lowest BCUT2D eigenvalue weighted by molar-refractivity contribution is 0.271. The van der Waals surface area contributed by atoms with Crippen molar-refractivity contribution < 1.29 is 4.74 Å². The van der Waals surface area contributed by atoms with Crippen LogP contribution in [-0.2, 0) is 13.6 Å². The molecule has 0 aliphatic rings. The summed E-state index contributed by atoms with van der Waals surface area (Å²) in [5.74, 6) is 3.78. The average molecular weight is 512 g/mol. The Morgan fingerprint density at radius 3 is 2.48 bits per heavy atom. The number of aliphatic imine (C=N–C) groups is 1. The number of nitrogens with one attached hydrogen (secondary N) is 2. The minimum absolute atomic E-state index is 0. The molecule has 1 heterocycles. The smallest absolute Gasteiger partial charge is 0.192 e. The molecule has 2 aromatic rings. The van der Waals surface area contributed by atoms with Crippen molar-refractivity contribution in [3.8, 4) is 5.75 Å². The molecule has 0 saturated heterocycles. The van der Waals surface area contributed by atoms with Crippen LogP contribution in [0.15, 0.2) is 41.9 Å². The highest BCUT2D eigenvalue weighted by Crippen LogP contribution is 2.18. The molecule has 0 amide bonds. The predicted molar refractivity (Wildman–Crippen MR) is 129 cm³/mol. The highest BCUT2D eigenvalue weighted by molar-refractivity contribution is 14.0. The van der Waals surface area contributed by atoms with Crippen LogP contribution in [-0.4, -0.2) is 33.9 Å². The van der Waals surface area contributed by atoms with Gasteiger partial charge < -0.3 is 19.9 Å². The second-order valence-electron chi connectivity index (χ2n) is 7.20. The number of guanidine groups is 1. The fraction of sp³-hybridized carbons (Fsp3) is 0.476. The molecule has 29 heavy (non-hydrogen) atoms. The zero-order valence-electron chi connectivity index (χ0n) is 18.0. The fourth-order valence-electron chi connectivity index (χ4n) is 2.46. The van der Waals surface area contributed by atoms with Crippen LogP contribution in [0.1, 0.15) is 44.0 Å². The number of ether oxygens (including phenoxy) is 1. The first-order chi connectivity index (χ1) is 13.4. The van der Waals surface area contributed by atoms with E-state index in [0.717, 1.165) is 29.6 Å². The predicted octanol–water partition coefficient (Wildman–Crippen LogP) is 3.76. The quantitative estimate of drug-likeness (QED) is 0.232. The molecule has 160 valence electrons. The van der Waals surface area contributed by atoms with Crippen molar-refractivity contribution in [2.24, 2.45) is 18.0 Å². The van der Waals surface area contributed by atoms with E-state index >= 15 is 0 Å². The van der Waals surface area contributed by atoms with Crippen LogP contribution in [0.2, 0.25) is 0 Å². The molecule has 0 radical (unpaired) electrons. The number of nitrogens with zero attached hydrogens (tertiary/aromatic N) is 4. The van der Waals surface area contributed by atoms with Crippen molar-refractivity contribution in [3.05, 3.63) is 54.1 Å². The molecule has 0 aliphatic heterocycles. The second kappa shape index (κ2) is 12.5. The van der Waals surface area contributed by atoms with Crippen LogP contribution in [0.25, 0.3) is 0 Å². The lowest BCUT2D eigenvalue weighted by Gasteiger charge is -2.19. The highest BCUT2D eigenvalue weighted by Gasteiger charge is 2.10. The maximum atomic E-state index is 5.75. The molecule has 7 nitrogen and oxygen atoms in total.